The van der Waals surface area contributed by atoms with Crippen molar-refractivity contribution >= 4 is 11.8 Å². The SMILES string of the molecule is CN1CCN([C@@H]2CCN(c3ncccc3F)C[C@@H]2CCC(=O)O)CC1. The standard InChI is InChI=1S/C18H27FN4O2/c1-21-9-11-22(12-10-21)16-6-8-23(13-14(16)4-5-17(24)25)18-15(19)3-2-7-20-18/h2-3,7,14,16H,4-6,8-13H2,1H3,(H,24,25)/t14-,16+/m0/s1. The first kappa shape index (κ1) is 18.1. The predicted molar refractivity (Wildman–Crippen MR) is 94.2 cm³/mol. The molecule has 7 heteroatoms. The van der Waals surface area contributed by atoms with Crippen molar-refractivity contribution < 1.29 is 14.3 Å². The lowest BCUT2D eigenvalue weighted by atomic mass is 9.86. The van der Waals surface area contributed by atoms with Gasteiger partial charge in [0.05, 0.1) is 0 Å². The van der Waals surface area contributed by atoms with Gasteiger partial charge in [-0.15, -0.1) is 0 Å². The van der Waals surface area contributed by atoms with E-state index < -0.39 is 5.97 Å². The van der Waals surface area contributed by atoms with E-state index in [1.165, 1.54) is 6.07 Å². The number of aliphatic carboxylic acids is 1. The maximum atomic E-state index is 14.1. The fraction of sp³-hybridized carbons (Fsp3) is 0.667. The first-order chi connectivity index (χ1) is 12.0. The van der Waals surface area contributed by atoms with Crippen molar-refractivity contribution in [1.82, 2.24) is 14.8 Å². The molecule has 2 aliphatic rings. The summed E-state index contributed by atoms with van der Waals surface area (Å²) in [5, 5.41) is 9.10. The van der Waals surface area contributed by atoms with E-state index in [1.54, 1.807) is 12.3 Å². The zero-order chi connectivity index (χ0) is 17.8. The average Bonchev–Trinajstić information content (AvgIpc) is 2.61. The number of nitrogens with zero attached hydrogens (tertiary/aromatic N) is 4. The van der Waals surface area contributed by atoms with Crippen LogP contribution in [0.1, 0.15) is 19.3 Å². The molecule has 0 saturated carbocycles. The summed E-state index contributed by atoms with van der Waals surface area (Å²) in [6, 6.07) is 3.40. The summed E-state index contributed by atoms with van der Waals surface area (Å²) >= 11 is 0. The number of carboxylic acid groups (broad SMARTS) is 1. The molecule has 138 valence electrons. The van der Waals surface area contributed by atoms with Crippen LogP contribution >= 0.6 is 0 Å². The minimum atomic E-state index is -0.765. The summed E-state index contributed by atoms with van der Waals surface area (Å²) in [4.78, 5) is 22.1. The van der Waals surface area contributed by atoms with Gasteiger partial charge < -0.3 is 14.9 Å². The van der Waals surface area contributed by atoms with Gasteiger partial charge in [-0.05, 0) is 37.9 Å². The van der Waals surface area contributed by atoms with E-state index in [-0.39, 0.29) is 18.2 Å². The van der Waals surface area contributed by atoms with E-state index >= 15 is 0 Å². The molecular formula is C18H27FN4O2. The molecule has 2 atom stereocenters. The van der Waals surface area contributed by atoms with Crippen molar-refractivity contribution in [3.05, 3.63) is 24.1 Å². The lowest BCUT2D eigenvalue weighted by molar-refractivity contribution is -0.137. The molecule has 1 aromatic rings. The number of pyridine rings is 1. The zero-order valence-electron chi connectivity index (χ0n) is 14.8. The van der Waals surface area contributed by atoms with Crippen LogP contribution in [0.5, 0.6) is 0 Å². The van der Waals surface area contributed by atoms with Crippen molar-refractivity contribution in [1.29, 1.82) is 0 Å². The van der Waals surface area contributed by atoms with E-state index in [2.05, 4.69) is 21.8 Å². The smallest absolute Gasteiger partial charge is 0.303 e. The Morgan fingerprint density at radius 2 is 2.08 bits per heavy atom. The highest BCUT2D eigenvalue weighted by Crippen LogP contribution is 2.30. The largest absolute Gasteiger partial charge is 0.481 e. The number of halogens is 1. The molecule has 0 aromatic carbocycles. The Morgan fingerprint density at radius 3 is 2.76 bits per heavy atom. The van der Waals surface area contributed by atoms with Crippen molar-refractivity contribution in [2.45, 2.75) is 25.3 Å². The molecule has 3 heterocycles. The summed E-state index contributed by atoms with van der Waals surface area (Å²) in [6.07, 6.45) is 3.31. The molecule has 0 aliphatic carbocycles. The van der Waals surface area contributed by atoms with Crippen LogP contribution in [0.3, 0.4) is 0 Å². The minimum Gasteiger partial charge on any atom is -0.481 e. The number of piperazine rings is 1. The highest BCUT2D eigenvalue weighted by atomic mass is 19.1. The maximum Gasteiger partial charge on any atom is 0.303 e. The molecule has 0 amide bonds. The van der Waals surface area contributed by atoms with Gasteiger partial charge >= 0.3 is 5.97 Å². The van der Waals surface area contributed by atoms with Crippen LogP contribution in [-0.4, -0.2) is 78.2 Å². The van der Waals surface area contributed by atoms with Crippen molar-refractivity contribution in [3.8, 4) is 0 Å². The van der Waals surface area contributed by atoms with E-state index in [1.807, 2.05) is 4.90 Å². The molecule has 0 radical (unpaired) electrons. The van der Waals surface area contributed by atoms with Gasteiger partial charge in [-0.25, -0.2) is 9.37 Å². The monoisotopic (exact) mass is 350 g/mol. The Balaban J connectivity index is 1.71. The Kier molecular flexibility index (Phi) is 5.86. The molecule has 6 nitrogen and oxygen atoms in total. The molecule has 0 unspecified atom stereocenters. The number of hydrogen-bond donors (Lipinski definition) is 1. The van der Waals surface area contributed by atoms with Crippen LogP contribution in [0.2, 0.25) is 0 Å². The Labute approximate surface area is 148 Å². The summed E-state index contributed by atoms with van der Waals surface area (Å²) in [5.74, 6) is -0.467. The van der Waals surface area contributed by atoms with Gasteiger partial charge in [0.2, 0.25) is 0 Å². The molecule has 0 bridgehead atoms. The van der Waals surface area contributed by atoms with Crippen LogP contribution in [0.15, 0.2) is 18.3 Å². The maximum absolute atomic E-state index is 14.1. The number of hydrogen-bond acceptors (Lipinski definition) is 5. The molecule has 2 fully saturated rings. The van der Waals surface area contributed by atoms with Crippen molar-refractivity contribution in [3.63, 3.8) is 0 Å². The van der Waals surface area contributed by atoms with Gasteiger partial charge in [-0.3, -0.25) is 9.69 Å². The fourth-order valence-electron chi connectivity index (χ4n) is 4.05. The second-order valence-corrected chi connectivity index (χ2v) is 7.14. The van der Waals surface area contributed by atoms with Gasteiger partial charge in [-0.2, -0.15) is 0 Å². The molecule has 0 spiro atoms. The van der Waals surface area contributed by atoms with Gasteiger partial charge in [0, 0.05) is 57.9 Å². The molecule has 25 heavy (non-hydrogen) atoms. The van der Waals surface area contributed by atoms with Crippen LogP contribution in [0.4, 0.5) is 10.2 Å². The Bertz CT molecular complexity index is 592. The number of rotatable bonds is 5. The molecule has 2 saturated heterocycles. The number of aromatic nitrogens is 1. The molecule has 3 rings (SSSR count). The van der Waals surface area contributed by atoms with E-state index in [4.69, 9.17) is 5.11 Å². The number of carboxylic acids is 1. The van der Waals surface area contributed by atoms with E-state index in [0.717, 1.165) is 39.1 Å². The van der Waals surface area contributed by atoms with E-state index in [0.29, 0.717) is 24.8 Å². The zero-order valence-corrected chi connectivity index (χ0v) is 14.8. The van der Waals surface area contributed by atoms with E-state index in [9.17, 15) is 9.18 Å². The topological polar surface area (TPSA) is 59.9 Å². The summed E-state index contributed by atoms with van der Waals surface area (Å²) < 4.78 is 14.1. The first-order valence-electron chi connectivity index (χ1n) is 9.04. The van der Waals surface area contributed by atoms with Gasteiger partial charge in [-0.1, -0.05) is 0 Å². The average molecular weight is 350 g/mol. The quantitative estimate of drug-likeness (QED) is 0.869. The van der Waals surface area contributed by atoms with Crippen LogP contribution in [0.25, 0.3) is 0 Å². The summed E-state index contributed by atoms with van der Waals surface area (Å²) in [5.41, 5.74) is 0. The minimum absolute atomic E-state index is 0.160. The van der Waals surface area contributed by atoms with Crippen LogP contribution in [-0.2, 0) is 4.79 Å². The Morgan fingerprint density at radius 1 is 1.32 bits per heavy atom. The third kappa shape index (κ3) is 4.46. The molecular weight excluding hydrogens is 323 g/mol. The number of anilines is 1. The first-order valence-corrected chi connectivity index (χ1v) is 9.04. The van der Waals surface area contributed by atoms with Crippen molar-refractivity contribution in [2.75, 3.05) is 51.2 Å². The van der Waals surface area contributed by atoms with Gasteiger partial charge in [0.1, 0.15) is 0 Å². The van der Waals surface area contributed by atoms with Crippen molar-refractivity contribution in [2.24, 2.45) is 5.92 Å². The highest BCUT2D eigenvalue weighted by Gasteiger charge is 2.35. The van der Waals surface area contributed by atoms with Gasteiger partial charge in [0.15, 0.2) is 11.6 Å². The number of carbonyl (C=O) groups is 1. The second kappa shape index (κ2) is 8.10. The third-order valence-corrected chi connectivity index (χ3v) is 5.47. The number of likely N-dealkylation sites (N-methyl/N-ethyl adjacent to an activating group) is 1. The summed E-state index contributed by atoms with van der Waals surface area (Å²) in [7, 11) is 2.13. The lowest BCUT2D eigenvalue weighted by Gasteiger charge is -2.46. The number of piperidine rings is 1. The van der Waals surface area contributed by atoms with Gasteiger partial charge in [0.25, 0.3) is 0 Å². The fourth-order valence-corrected chi connectivity index (χ4v) is 4.05. The highest BCUT2D eigenvalue weighted by molar-refractivity contribution is 5.66. The Hall–Kier alpha value is -1.73. The lowest BCUT2D eigenvalue weighted by Crippen LogP contribution is -2.56. The molecule has 2 aliphatic heterocycles. The molecule has 1 N–H and O–H groups in total. The normalized spacial score (nSPS) is 25.9. The van der Waals surface area contributed by atoms with Crippen LogP contribution < -0.4 is 4.90 Å². The van der Waals surface area contributed by atoms with Crippen LogP contribution in [0, 0.1) is 11.7 Å². The summed E-state index contributed by atoms with van der Waals surface area (Å²) in [6.45, 7) is 5.54. The predicted octanol–water partition coefficient (Wildman–Crippen LogP) is 1.53. The third-order valence-electron chi connectivity index (χ3n) is 5.47. The second-order valence-electron chi connectivity index (χ2n) is 7.14. The molecule has 1 aromatic heterocycles.